The van der Waals surface area contributed by atoms with E-state index in [9.17, 15) is 14.4 Å². The summed E-state index contributed by atoms with van der Waals surface area (Å²) in [7, 11) is 3.40. The Morgan fingerprint density at radius 2 is 1.69 bits per heavy atom. The fraction of sp³-hybridized carbons (Fsp3) is 0.273. The van der Waals surface area contributed by atoms with Crippen molar-refractivity contribution in [3.05, 3.63) is 72.8 Å². The topological polar surface area (TPSA) is 112 Å². The first-order valence-corrected chi connectivity index (χ1v) is 10.7. The van der Waals surface area contributed by atoms with Crippen LogP contribution in [-0.4, -0.2) is 46.4 Å². The van der Waals surface area contributed by atoms with Gasteiger partial charge in [-0.25, -0.2) is 15.1 Å². The lowest BCUT2D eigenvalue weighted by Crippen LogP contribution is -2.35. The van der Waals surface area contributed by atoms with E-state index in [-0.39, 0.29) is 11.5 Å². The monoisotopic (exact) mass is 454 g/mol. The number of hydrazine groups is 1. The van der Waals surface area contributed by atoms with Gasteiger partial charge >= 0.3 is 0 Å². The number of rotatable bonds is 6. The fourth-order valence-electron chi connectivity index (χ4n) is 3.10. The molecule has 168 valence electrons. The number of nitrogens with zero attached hydrogens (tertiary/aromatic N) is 3. The Kier molecular flexibility index (Phi) is 6.75. The molecule has 0 aliphatic carbocycles. The minimum atomic E-state index is -0.457. The molecule has 1 aromatic carbocycles. The summed E-state index contributed by atoms with van der Waals surface area (Å²) in [5.74, 6) is -0.755. The van der Waals surface area contributed by atoms with Crippen LogP contribution in [0.2, 0.25) is 0 Å². The van der Waals surface area contributed by atoms with E-state index in [0.29, 0.717) is 26.7 Å². The molecule has 9 nitrogen and oxygen atoms in total. The van der Waals surface area contributed by atoms with Crippen LogP contribution in [0.3, 0.4) is 0 Å². The number of thiophene rings is 1. The van der Waals surface area contributed by atoms with Crippen LogP contribution >= 0.6 is 11.3 Å². The quantitative estimate of drug-likeness (QED) is 0.392. The van der Waals surface area contributed by atoms with E-state index in [4.69, 9.17) is 0 Å². The molecule has 0 spiro atoms. The van der Waals surface area contributed by atoms with E-state index in [1.54, 1.807) is 40.1 Å². The SMILES string of the molecule is C/C(=N\NC(=O)c1ccc(C(=O)NN(C)C)s1)c1c(C)[nH]n(-c2ccc(C)c(C)c2)c1=O. The molecule has 10 heteroatoms. The predicted molar refractivity (Wildman–Crippen MR) is 126 cm³/mol. The minimum absolute atomic E-state index is 0.250. The first-order valence-electron chi connectivity index (χ1n) is 9.91. The van der Waals surface area contributed by atoms with Crippen LogP contribution < -0.4 is 16.4 Å². The van der Waals surface area contributed by atoms with Gasteiger partial charge in [0.2, 0.25) is 0 Å². The third-order valence-electron chi connectivity index (χ3n) is 4.89. The molecule has 3 rings (SSSR count). The average molecular weight is 455 g/mol. The van der Waals surface area contributed by atoms with Gasteiger partial charge in [-0.2, -0.15) is 5.10 Å². The van der Waals surface area contributed by atoms with Crippen LogP contribution in [0, 0.1) is 20.8 Å². The third-order valence-corrected chi connectivity index (χ3v) is 5.97. The Balaban J connectivity index is 1.79. The number of aromatic amines is 1. The Morgan fingerprint density at radius 1 is 1.03 bits per heavy atom. The van der Waals surface area contributed by atoms with Crippen molar-refractivity contribution in [3.8, 4) is 5.69 Å². The summed E-state index contributed by atoms with van der Waals surface area (Å²) in [5, 5.41) is 8.71. The summed E-state index contributed by atoms with van der Waals surface area (Å²) in [4.78, 5) is 38.2. The van der Waals surface area contributed by atoms with E-state index < -0.39 is 5.91 Å². The fourth-order valence-corrected chi connectivity index (χ4v) is 3.89. The lowest BCUT2D eigenvalue weighted by atomic mass is 10.1. The van der Waals surface area contributed by atoms with Crippen LogP contribution in [0.1, 0.15) is 48.7 Å². The van der Waals surface area contributed by atoms with Crippen molar-refractivity contribution in [3.63, 3.8) is 0 Å². The number of carbonyl (C=O) groups is 2. The molecule has 2 amide bonds. The standard InChI is InChI=1S/C22H26N6O3S/c1-12-7-8-16(11-13(12)2)28-22(31)19(15(4)25-28)14(3)23-24-20(29)17-9-10-18(32-17)21(30)26-27(5)6/h7-11,25H,1-6H3,(H,24,29)(H,26,30)/b23-14+. The average Bonchev–Trinajstić information content (AvgIpc) is 3.33. The number of nitrogens with one attached hydrogen (secondary N) is 3. The van der Waals surface area contributed by atoms with Crippen molar-refractivity contribution >= 4 is 28.9 Å². The highest BCUT2D eigenvalue weighted by molar-refractivity contribution is 7.15. The van der Waals surface area contributed by atoms with Crippen LogP contribution in [0.25, 0.3) is 5.69 Å². The molecule has 32 heavy (non-hydrogen) atoms. The summed E-state index contributed by atoms with van der Waals surface area (Å²) >= 11 is 1.06. The van der Waals surface area contributed by atoms with Gasteiger partial charge in [0.15, 0.2) is 0 Å². The van der Waals surface area contributed by atoms with Gasteiger partial charge in [0.1, 0.15) is 0 Å². The van der Waals surface area contributed by atoms with Gasteiger partial charge in [0.25, 0.3) is 17.4 Å². The summed E-state index contributed by atoms with van der Waals surface area (Å²) in [5.41, 5.74) is 9.19. The summed E-state index contributed by atoms with van der Waals surface area (Å²) < 4.78 is 1.47. The van der Waals surface area contributed by atoms with E-state index in [0.717, 1.165) is 28.2 Å². The Bertz CT molecular complexity index is 1260. The summed E-state index contributed by atoms with van der Waals surface area (Å²) in [6.07, 6.45) is 0. The van der Waals surface area contributed by atoms with Gasteiger partial charge < -0.3 is 0 Å². The van der Waals surface area contributed by atoms with Crippen molar-refractivity contribution in [2.45, 2.75) is 27.7 Å². The van der Waals surface area contributed by atoms with Gasteiger partial charge in [-0.3, -0.25) is 24.9 Å². The molecule has 0 radical (unpaired) electrons. The van der Waals surface area contributed by atoms with Gasteiger partial charge in [0, 0.05) is 19.8 Å². The highest BCUT2D eigenvalue weighted by Gasteiger charge is 2.17. The molecule has 0 aliphatic rings. The minimum Gasteiger partial charge on any atom is -0.295 e. The molecular formula is C22H26N6O3S. The molecule has 3 aromatic rings. The first-order chi connectivity index (χ1) is 15.1. The predicted octanol–water partition coefficient (Wildman–Crippen LogP) is 2.51. The molecule has 3 N–H and O–H groups in total. The molecular weight excluding hydrogens is 428 g/mol. The number of carbonyl (C=O) groups excluding carboxylic acids is 2. The maximum atomic E-state index is 13.0. The van der Waals surface area contributed by atoms with E-state index >= 15 is 0 Å². The molecule has 2 aromatic heterocycles. The van der Waals surface area contributed by atoms with Crippen molar-refractivity contribution < 1.29 is 9.59 Å². The van der Waals surface area contributed by atoms with E-state index in [1.165, 1.54) is 9.69 Å². The molecule has 0 unspecified atom stereocenters. The van der Waals surface area contributed by atoms with Crippen molar-refractivity contribution in [2.24, 2.45) is 5.10 Å². The largest absolute Gasteiger partial charge is 0.295 e. The zero-order valence-corrected chi connectivity index (χ0v) is 19.7. The molecule has 2 heterocycles. The highest BCUT2D eigenvalue weighted by Crippen LogP contribution is 2.17. The lowest BCUT2D eigenvalue weighted by molar-refractivity contribution is 0.0861. The number of hydrogen-bond acceptors (Lipinski definition) is 6. The maximum Gasteiger partial charge on any atom is 0.281 e. The zero-order chi connectivity index (χ0) is 23.6. The number of aromatic nitrogens is 2. The number of hydrazone groups is 1. The Hall–Kier alpha value is -3.50. The molecule has 0 saturated heterocycles. The van der Waals surface area contributed by atoms with E-state index in [2.05, 4.69) is 21.1 Å². The zero-order valence-electron chi connectivity index (χ0n) is 18.9. The molecule has 0 aliphatic heterocycles. The van der Waals surface area contributed by atoms with Crippen LogP contribution in [-0.2, 0) is 0 Å². The van der Waals surface area contributed by atoms with Crippen molar-refractivity contribution in [2.75, 3.05) is 14.1 Å². The van der Waals surface area contributed by atoms with Crippen LogP contribution in [0.15, 0.2) is 40.2 Å². The molecule has 0 fully saturated rings. The normalized spacial score (nSPS) is 11.7. The van der Waals surface area contributed by atoms with Crippen molar-refractivity contribution in [1.82, 2.24) is 25.6 Å². The molecule has 0 bridgehead atoms. The summed E-state index contributed by atoms with van der Waals surface area (Å²) in [6, 6.07) is 8.91. The number of benzene rings is 1. The van der Waals surface area contributed by atoms with E-state index in [1.807, 2.05) is 32.0 Å². The molecule has 0 atom stereocenters. The van der Waals surface area contributed by atoms with Crippen molar-refractivity contribution in [1.29, 1.82) is 0 Å². The first kappa shape index (κ1) is 23.2. The molecule has 0 saturated carbocycles. The number of aryl methyl sites for hydroxylation is 3. The van der Waals surface area contributed by atoms with Crippen LogP contribution in [0.5, 0.6) is 0 Å². The number of amides is 2. The van der Waals surface area contributed by atoms with Gasteiger partial charge in [-0.05, 0) is 63.1 Å². The second-order valence-electron chi connectivity index (χ2n) is 7.66. The summed E-state index contributed by atoms with van der Waals surface area (Å²) in [6.45, 7) is 7.44. The second-order valence-corrected chi connectivity index (χ2v) is 8.74. The second kappa shape index (κ2) is 9.33. The highest BCUT2D eigenvalue weighted by atomic mass is 32.1. The number of H-pyrrole nitrogens is 1. The smallest absolute Gasteiger partial charge is 0.281 e. The van der Waals surface area contributed by atoms with Crippen LogP contribution in [0.4, 0.5) is 0 Å². The van der Waals surface area contributed by atoms with Gasteiger partial charge in [0.05, 0.1) is 26.7 Å². The maximum absolute atomic E-state index is 13.0. The number of hydrogen-bond donors (Lipinski definition) is 3. The Labute approximate surface area is 189 Å². The third kappa shape index (κ3) is 4.87. The Morgan fingerprint density at radius 3 is 2.31 bits per heavy atom. The van der Waals surface area contributed by atoms with Gasteiger partial charge in [-0.1, -0.05) is 6.07 Å². The lowest BCUT2D eigenvalue weighted by Gasteiger charge is -2.09. The van der Waals surface area contributed by atoms with Gasteiger partial charge in [-0.15, -0.1) is 11.3 Å².